The van der Waals surface area contributed by atoms with Gasteiger partial charge in [-0.05, 0) is 58.0 Å². The number of amides is 2. The van der Waals surface area contributed by atoms with Crippen molar-refractivity contribution in [1.82, 2.24) is 15.3 Å². The van der Waals surface area contributed by atoms with E-state index in [2.05, 4.69) is 25.9 Å². The average molecular weight is 518 g/mol. The molecule has 2 aromatic rings. The normalized spacial score (nSPS) is 15.3. The second-order valence-corrected chi connectivity index (χ2v) is 11.1. The number of nitrogens with one attached hydrogen (secondary N) is 3. The molecule has 36 heavy (non-hydrogen) atoms. The second kappa shape index (κ2) is 11.7. The van der Waals surface area contributed by atoms with Crippen LogP contribution >= 0.6 is 0 Å². The quantitative estimate of drug-likeness (QED) is 0.528. The van der Waals surface area contributed by atoms with E-state index in [9.17, 15) is 18.0 Å². The predicted molar refractivity (Wildman–Crippen MR) is 142 cm³/mol. The van der Waals surface area contributed by atoms with Crippen LogP contribution in [-0.2, 0) is 19.4 Å². The number of aromatic nitrogens is 2. The van der Waals surface area contributed by atoms with Crippen molar-refractivity contribution in [3.05, 3.63) is 24.4 Å². The molecule has 4 rings (SSSR count). The second-order valence-electron chi connectivity index (χ2n) is 9.08. The fraction of sp³-hybridized carbons (Fsp3) is 0.500. The van der Waals surface area contributed by atoms with Crippen molar-refractivity contribution >= 4 is 50.5 Å². The lowest BCUT2D eigenvalue weighted by atomic mass is 10.2. The van der Waals surface area contributed by atoms with Crippen LogP contribution in [0, 0.1) is 0 Å². The van der Waals surface area contributed by atoms with E-state index in [0.717, 1.165) is 6.26 Å². The molecule has 0 bridgehead atoms. The van der Waals surface area contributed by atoms with Crippen LogP contribution in [0.4, 0.5) is 28.8 Å². The molecule has 2 amide bonds. The van der Waals surface area contributed by atoms with Gasteiger partial charge in [0.2, 0.25) is 17.8 Å². The van der Waals surface area contributed by atoms with Gasteiger partial charge in [-0.25, -0.2) is 13.4 Å². The fourth-order valence-electron chi connectivity index (χ4n) is 3.72. The predicted octanol–water partition coefficient (Wildman–Crippen LogP) is 2.53. The average Bonchev–Trinajstić information content (AvgIpc) is 3.41. The molecule has 0 unspecified atom stereocenters. The summed E-state index contributed by atoms with van der Waals surface area (Å²) >= 11 is 0. The van der Waals surface area contributed by atoms with Crippen LogP contribution in [0.15, 0.2) is 29.3 Å². The van der Waals surface area contributed by atoms with Crippen molar-refractivity contribution < 1.29 is 18.0 Å². The minimum absolute atomic E-state index is 0.0450. The zero-order valence-corrected chi connectivity index (χ0v) is 22.3. The summed E-state index contributed by atoms with van der Waals surface area (Å²) in [7, 11) is -1.84. The Morgan fingerprint density at radius 3 is 2.39 bits per heavy atom. The molecule has 1 aromatic heterocycles. The Morgan fingerprint density at radius 1 is 1.17 bits per heavy atom. The molecule has 1 fully saturated rings. The molecule has 3 heterocycles. The molecular formula is C24H35N7O4S. The Kier molecular flexibility index (Phi) is 8.85. The maximum Gasteiger partial charge on any atom is 0.246 e. The highest BCUT2D eigenvalue weighted by Gasteiger charge is 2.30. The van der Waals surface area contributed by atoms with Gasteiger partial charge in [-0.15, -0.1) is 0 Å². The lowest BCUT2D eigenvalue weighted by Gasteiger charge is -2.36. The monoisotopic (exact) mass is 517 g/mol. The van der Waals surface area contributed by atoms with Gasteiger partial charge in [-0.3, -0.25) is 9.59 Å². The van der Waals surface area contributed by atoms with E-state index in [1.807, 2.05) is 18.7 Å². The van der Waals surface area contributed by atoms with Gasteiger partial charge in [0.05, 0.1) is 17.6 Å². The number of anilines is 5. The minimum Gasteiger partial charge on any atom is -0.343 e. The number of benzene rings is 1. The number of likely N-dealkylation sites (N-methyl/N-ethyl adjacent to an activating group) is 1. The molecule has 0 spiro atoms. The molecule has 1 saturated heterocycles. The number of carbonyl (C=O) groups is 2. The van der Waals surface area contributed by atoms with Gasteiger partial charge in [0, 0.05) is 37.1 Å². The first-order chi connectivity index (χ1) is 17.0. The van der Waals surface area contributed by atoms with Crippen LogP contribution < -0.4 is 25.8 Å². The molecule has 0 saturated carbocycles. The molecule has 0 atom stereocenters. The molecule has 1 aromatic carbocycles. The Balaban J connectivity index is 0.000000642. The maximum absolute atomic E-state index is 12.3. The Labute approximate surface area is 212 Å². The van der Waals surface area contributed by atoms with Gasteiger partial charge < -0.3 is 25.8 Å². The van der Waals surface area contributed by atoms with Gasteiger partial charge >= 0.3 is 0 Å². The third kappa shape index (κ3) is 6.91. The van der Waals surface area contributed by atoms with Crippen molar-refractivity contribution in [2.75, 3.05) is 53.4 Å². The van der Waals surface area contributed by atoms with E-state index in [-0.39, 0.29) is 41.7 Å². The summed E-state index contributed by atoms with van der Waals surface area (Å²) in [4.78, 5) is 36.3. The summed E-state index contributed by atoms with van der Waals surface area (Å²) in [6, 6.07) is 4.52. The lowest BCUT2D eigenvalue weighted by molar-refractivity contribution is -0.117. The van der Waals surface area contributed by atoms with Crippen molar-refractivity contribution in [3.8, 4) is 0 Å². The maximum atomic E-state index is 12.3. The van der Waals surface area contributed by atoms with Gasteiger partial charge in [-0.1, -0.05) is 6.92 Å². The van der Waals surface area contributed by atoms with Gasteiger partial charge in [0.15, 0.2) is 15.7 Å². The standard InChI is InChI=1S/C20H26N6O4S.C4H9N/c1-6-17(27)22-13-7-14(9-15(8-13)31(5,29)30)23-20-21-10-16-19(24-20)26(12(2)3)11-18(28)25(16)4;1-2-4-5-3-1/h7-10,12H,6,11H2,1-5H3,(H,22,27)(H,21,23,24);5H,1-4H2. The number of hydrogen-bond donors (Lipinski definition) is 3. The topological polar surface area (TPSA) is 137 Å². The third-order valence-electron chi connectivity index (χ3n) is 5.84. The fourth-order valence-corrected chi connectivity index (χ4v) is 4.41. The molecule has 2 aliphatic heterocycles. The molecule has 12 heteroatoms. The van der Waals surface area contributed by atoms with Crippen LogP contribution in [-0.4, -0.2) is 69.2 Å². The highest BCUT2D eigenvalue weighted by Crippen LogP contribution is 2.33. The summed E-state index contributed by atoms with van der Waals surface area (Å²) in [5.41, 5.74) is 1.35. The van der Waals surface area contributed by atoms with E-state index in [1.165, 1.54) is 43.0 Å². The molecular weight excluding hydrogens is 482 g/mol. The zero-order chi connectivity index (χ0) is 26.5. The molecule has 3 N–H and O–H groups in total. The number of nitrogens with zero attached hydrogens (tertiary/aromatic N) is 4. The first-order valence-electron chi connectivity index (χ1n) is 12.0. The van der Waals surface area contributed by atoms with Crippen molar-refractivity contribution in [3.63, 3.8) is 0 Å². The summed E-state index contributed by atoms with van der Waals surface area (Å²) in [5.74, 6) is 0.559. The highest BCUT2D eigenvalue weighted by molar-refractivity contribution is 7.90. The SMILES string of the molecule is C1CCNC1.CCC(=O)Nc1cc(Nc2ncc3c(n2)N(C(C)C)CC(=O)N3C)cc(S(C)(=O)=O)c1. The molecule has 196 valence electrons. The van der Waals surface area contributed by atoms with Crippen LogP contribution in [0.3, 0.4) is 0 Å². The Hall–Kier alpha value is -3.25. The Bertz CT molecular complexity index is 1210. The summed E-state index contributed by atoms with van der Waals surface area (Å²) in [6.07, 6.45) is 5.69. The van der Waals surface area contributed by atoms with E-state index >= 15 is 0 Å². The van der Waals surface area contributed by atoms with Crippen LogP contribution in [0.2, 0.25) is 0 Å². The third-order valence-corrected chi connectivity index (χ3v) is 6.93. The molecule has 11 nitrogen and oxygen atoms in total. The lowest BCUT2D eigenvalue weighted by Crippen LogP contribution is -2.47. The first-order valence-corrected chi connectivity index (χ1v) is 13.9. The largest absolute Gasteiger partial charge is 0.343 e. The van der Waals surface area contributed by atoms with E-state index in [1.54, 1.807) is 26.2 Å². The summed E-state index contributed by atoms with van der Waals surface area (Å²) in [6.45, 7) is 8.35. The smallest absolute Gasteiger partial charge is 0.246 e. The molecule has 0 aliphatic carbocycles. The van der Waals surface area contributed by atoms with Gasteiger partial charge in [0.1, 0.15) is 5.69 Å². The van der Waals surface area contributed by atoms with Crippen LogP contribution in [0.1, 0.15) is 40.0 Å². The van der Waals surface area contributed by atoms with E-state index in [4.69, 9.17) is 0 Å². The first kappa shape index (κ1) is 27.3. The zero-order valence-electron chi connectivity index (χ0n) is 21.5. The van der Waals surface area contributed by atoms with Crippen molar-refractivity contribution in [2.45, 2.75) is 51.0 Å². The minimum atomic E-state index is -3.51. The summed E-state index contributed by atoms with van der Waals surface area (Å²) < 4.78 is 24.2. The number of rotatable bonds is 6. The number of hydrogen-bond acceptors (Lipinski definition) is 9. The Morgan fingerprint density at radius 2 is 1.83 bits per heavy atom. The highest BCUT2D eigenvalue weighted by atomic mass is 32.2. The van der Waals surface area contributed by atoms with Gasteiger partial charge in [0.25, 0.3) is 0 Å². The van der Waals surface area contributed by atoms with Crippen molar-refractivity contribution in [2.24, 2.45) is 0 Å². The van der Waals surface area contributed by atoms with Crippen LogP contribution in [0.25, 0.3) is 0 Å². The van der Waals surface area contributed by atoms with Crippen molar-refractivity contribution in [1.29, 1.82) is 0 Å². The molecule has 2 aliphatic rings. The van der Waals surface area contributed by atoms with E-state index in [0.29, 0.717) is 22.9 Å². The number of carbonyl (C=O) groups excluding carboxylic acids is 2. The summed E-state index contributed by atoms with van der Waals surface area (Å²) in [5, 5.41) is 8.91. The number of fused-ring (bicyclic) bond motifs is 1. The van der Waals surface area contributed by atoms with Crippen LogP contribution in [0.5, 0.6) is 0 Å². The molecule has 0 radical (unpaired) electrons. The number of sulfone groups is 1. The van der Waals surface area contributed by atoms with E-state index < -0.39 is 9.84 Å². The van der Waals surface area contributed by atoms with Gasteiger partial charge in [-0.2, -0.15) is 4.98 Å².